The van der Waals surface area contributed by atoms with Crippen molar-refractivity contribution in [2.24, 2.45) is 5.10 Å². The number of allylic oxidation sites excluding steroid dienone is 1. The third-order valence-corrected chi connectivity index (χ3v) is 6.88. The first-order valence-corrected chi connectivity index (χ1v) is 13.6. The number of aromatic nitrogens is 3. The summed E-state index contributed by atoms with van der Waals surface area (Å²) in [6.07, 6.45) is 3.18. The third-order valence-electron chi connectivity index (χ3n) is 5.75. The predicted octanol–water partition coefficient (Wildman–Crippen LogP) is 7.01. The van der Waals surface area contributed by atoms with Crippen molar-refractivity contribution >= 4 is 41.6 Å². The molecule has 0 atom stereocenters. The molecule has 1 aromatic heterocycles. The maximum Gasteiger partial charge on any atom is 0.250 e. The van der Waals surface area contributed by atoms with Gasteiger partial charge in [0.1, 0.15) is 0 Å². The van der Waals surface area contributed by atoms with Crippen LogP contribution in [0.1, 0.15) is 37.5 Å². The third kappa shape index (κ3) is 7.21. The Bertz CT molecular complexity index is 1440. The number of thioether (sulfide) groups is 1. The van der Waals surface area contributed by atoms with Gasteiger partial charge in [-0.25, -0.2) is 5.43 Å². The van der Waals surface area contributed by atoms with Gasteiger partial charge in [-0.15, -0.1) is 10.2 Å². The highest BCUT2D eigenvalue weighted by Gasteiger charge is 2.19. The van der Waals surface area contributed by atoms with Crippen molar-refractivity contribution in [1.82, 2.24) is 20.2 Å². The lowest BCUT2D eigenvalue weighted by Gasteiger charge is -2.19. The summed E-state index contributed by atoms with van der Waals surface area (Å²) >= 11 is 7.50. The lowest BCUT2D eigenvalue weighted by molar-refractivity contribution is -0.118. The van der Waals surface area contributed by atoms with Crippen LogP contribution in [-0.4, -0.2) is 32.6 Å². The van der Waals surface area contributed by atoms with Crippen LogP contribution in [0.3, 0.4) is 0 Å². The summed E-state index contributed by atoms with van der Waals surface area (Å²) in [6, 6.07) is 26.2. The monoisotopic (exact) mass is 543 g/mol. The molecule has 0 radical (unpaired) electrons. The number of rotatable bonds is 8. The Morgan fingerprint density at radius 3 is 2.34 bits per heavy atom. The van der Waals surface area contributed by atoms with E-state index in [1.54, 1.807) is 6.08 Å². The Hall–Kier alpha value is -3.68. The van der Waals surface area contributed by atoms with Crippen LogP contribution in [0, 0.1) is 6.92 Å². The molecule has 0 unspecified atom stereocenters. The van der Waals surface area contributed by atoms with E-state index in [2.05, 4.69) is 65.8 Å². The first-order valence-electron chi connectivity index (χ1n) is 12.2. The molecule has 0 aliphatic carbocycles. The molecule has 1 heterocycles. The van der Waals surface area contributed by atoms with Gasteiger partial charge in [0.2, 0.25) is 0 Å². The van der Waals surface area contributed by atoms with E-state index in [9.17, 15) is 4.79 Å². The Morgan fingerprint density at radius 1 is 1.00 bits per heavy atom. The van der Waals surface area contributed by atoms with Gasteiger partial charge in [0.15, 0.2) is 11.0 Å². The molecule has 0 saturated heterocycles. The minimum Gasteiger partial charge on any atom is -0.272 e. The average molecular weight is 544 g/mol. The average Bonchev–Trinajstić information content (AvgIpc) is 3.32. The van der Waals surface area contributed by atoms with Crippen LogP contribution in [0.5, 0.6) is 0 Å². The minimum atomic E-state index is -0.273. The number of nitrogens with zero attached hydrogens (tertiary/aromatic N) is 4. The topological polar surface area (TPSA) is 72.2 Å². The number of aryl methyl sites for hydroxylation is 1. The minimum absolute atomic E-state index is 0.0571. The summed E-state index contributed by atoms with van der Waals surface area (Å²) in [4.78, 5) is 12.5. The molecule has 0 fully saturated rings. The van der Waals surface area contributed by atoms with E-state index in [-0.39, 0.29) is 17.1 Å². The molecule has 6 nitrogen and oxygen atoms in total. The van der Waals surface area contributed by atoms with Crippen molar-refractivity contribution in [3.8, 4) is 17.1 Å². The summed E-state index contributed by atoms with van der Waals surface area (Å²) < 4.78 is 1.98. The number of hydrogen-bond acceptors (Lipinski definition) is 5. The highest BCUT2D eigenvalue weighted by molar-refractivity contribution is 7.99. The van der Waals surface area contributed by atoms with Gasteiger partial charge in [-0.1, -0.05) is 116 Å². The zero-order chi connectivity index (χ0) is 27.1. The smallest absolute Gasteiger partial charge is 0.250 e. The molecule has 0 bridgehead atoms. The molecular formula is C30H30ClN5OS. The summed E-state index contributed by atoms with van der Waals surface area (Å²) in [7, 11) is 0. The molecule has 1 N–H and O–H groups in total. The number of benzene rings is 3. The van der Waals surface area contributed by atoms with Crippen LogP contribution in [0.4, 0.5) is 0 Å². The second-order valence-electron chi connectivity index (χ2n) is 9.83. The zero-order valence-corrected chi connectivity index (χ0v) is 23.4. The number of carbonyl (C=O) groups is 1. The molecule has 38 heavy (non-hydrogen) atoms. The highest BCUT2D eigenvalue weighted by atomic mass is 35.5. The van der Waals surface area contributed by atoms with Crippen molar-refractivity contribution in [2.75, 3.05) is 5.75 Å². The van der Waals surface area contributed by atoms with Gasteiger partial charge < -0.3 is 0 Å². The lowest BCUT2D eigenvalue weighted by atomic mass is 9.87. The van der Waals surface area contributed by atoms with E-state index in [0.717, 1.165) is 22.4 Å². The second-order valence-corrected chi connectivity index (χ2v) is 11.2. The van der Waals surface area contributed by atoms with Crippen molar-refractivity contribution in [2.45, 2.75) is 38.3 Å². The summed E-state index contributed by atoms with van der Waals surface area (Å²) in [5.41, 5.74) is 7.80. The number of carbonyl (C=O) groups excluding carboxylic acids is 1. The van der Waals surface area contributed by atoms with E-state index in [4.69, 9.17) is 11.6 Å². The molecule has 0 spiro atoms. The number of hydrogen-bond donors (Lipinski definition) is 1. The van der Waals surface area contributed by atoms with Crippen molar-refractivity contribution in [3.63, 3.8) is 0 Å². The van der Waals surface area contributed by atoms with Crippen LogP contribution in [0.25, 0.3) is 23.2 Å². The van der Waals surface area contributed by atoms with Gasteiger partial charge in [-0.05, 0) is 41.7 Å². The number of hydrazone groups is 1. The normalized spacial score (nSPS) is 12.2. The van der Waals surface area contributed by atoms with Gasteiger partial charge in [-0.2, -0.15) is 5.10 Å². The van der Waals surface area contributed by atoms with Gasteiger partial charge in [0, 0.05) is 11.3 Å². The first kappa shape index (κ1) is 27.4. The van der Waals surface area contributed by atoms with E-state index in [1.165, 1.54) is 23.5 Å². The van der Waals surface area contributed by atoms with Gasteiger partial charge in [-0.3, -0.25) is 9.36 Å². The SMILES string of the molecule is Cc1ccc(-n2c(SCC(=O)N/N=C/C(Cl)=C/c3ccccc3)nnc2-c2ccc(C(C)(C)C)cc2)cc1. The largest absolute Gasteiger partial charge is 0.272 e. The first-order chi connectivity index (χ1) is 18.2. The highest BCUT2D eigenvalue weighted by Crippen LogP contribution is 2.30. The maximum atomic E-state index is 12.5. The van der Waals surface area contributed by atoms with E-state index >= 15 is 0 Å². The van der Waals surface area contributed by atoms with Crippen molar-refractivity contribution in [1.29, 1.82) is 0 Å². The lowest BCUT2D eigenvalue weighted by Crippen LogP contribution is -2.19. The standard InChI is InChI=1S/C30H30ClN5OS/c1-21-10-16-26(17-11-21)36-28(23-12-14-24(15-13-23)30(2,3)4)34-35-29(36)38-20-27(37)33-32-19-25(31)18-22-8-6-5-7-9-22/h5-19H,20H2,1-4H3,(H,33,37)/b25-18-,32-19+. The molecule has 0 saturated carbocycles. The zero-order valence-electron chi connectivity index (χ0n) is 21.9. The maximum absolute atomic E-state index is 12.5. The van der Waals surface area contributed by atoms with Crippen molar-refractivity contribution < 1.29 is 4.79 Å². The molecule has 4 aromatic rings. The fourth-order valence-corrected chi connectivity index (χ4v) is 4.59. The van der Waals surface area contributed by atoms with Gasteiger partial charge in [0.05, 0.1) is 17.0 Å². The van der Waals surface area contributed by atoms with E-state index < -0.39 is 0 Å². The predicted molar refractivity (Wildman–Crippen MR) is 158 cm³/mol. The molecule has 0 aliphatic rings. The second kappa shape index (κ2) is 12.2. The van der Waals surface area contributed by atoms with Gasteiger partial charge >= 0.3 is 0 Å². The number of amides is 1. The molecule has 194 valence electrons. The van der Waals surface area contributed by atoms with Gasteiger partial charge in [0.25, 0.3) is 5.91 Å². The van der Waals surface area contributed by atoms with E-state index in [1.807, 2.05) is 66.1 Å². The fourth-order valence-electron chi connectivity index (χ4n) is 3.67. The van der Waals surface area contributed by atoms with Crippen molar-refractivity contribution in [3.05, 3.63) is 101 Å². The quantitative estimate of drug-likeness (QED) is 0.147. The molecular weight excluding hydrogens is 514 g/mol. The number of halogens is 1. The molecule has 4 rings (SSSR count). The van der Waals surface area contributed by atoms with Crippen LogP contribution in [-0.2, 0) is 10.2 Å². The Balaban J connectivity index is 1.50. The van der Waals surface area contributed by atoms with E-state index in [0.29, 0.717) is 16.0 Å². The Morgan fingerprint density at radius 2 is 1.68 bits per heavy atom. The fraction of sp³-hybridized carbons (Fsp3) is 0.200. The summed E-state index contributed by atoms with van der Waals surface area (Å²) in [5.74, 6) is 0.558. The van der Waals surface area contributed by atoms with Crippen LogP contribution in [0.2, 0.25) is 0 Å². The summed E-state index contributed by atoms with van der Waals surface area (Å²) in [6.45, 7) is 8.61. The molecule has 0 aliphatic heterocycles. The Labute approximate surface area is 232 Å². The van der Waals surface area contributed by atoms with Crippen LogP contribution < -0.4 is 5.43 Å². The number of nitrogens with one attached hydrogen (secondary N) is 1. The van der Waals surface area contributed by atoms with Crippen LogP contribution in [0.15, 0.2) is 94.2 Å². The van der Waals surface area contributed by atoms with Crippen LogP contribution >= 0.6 is 23.4 Å². The molecule has 1 amide bonds. The molecule has 3 aromatic carbocycles. The molecule has 8 heteroatoms. The Kier molecular flexibility index (Phi) is 8.81. The summed E-state index contributed by atoms with van der Waals surface area (Å²) in [5, 5.41) is 13.9.